The summed E-state index contributed by atoms with van der Waals surface area (Å²) < 4.78 is 1.71. The molecule has 0 aliphatic carbocycles. The fraction of sp³-hybridized carbons (Fsp3) is 0.333. The molecule has 0 aliphatic rings. The first-order chi connectivity index (χ1) is 8.99. The zero-order valence-corrected chi connectivity index (χ0v) is 11.5. The highest BCUT2D eigenvalue weighted by atomic mass is 15.3. The van der Waals surface area contributed by atoms with Gasteiger partial charge < -0.3 is 5.32 Å². The van der Waals surface area contributed by atoms with Crippen LogP contribution in [0.3, 0.4) is 0 Å². The maximum absolute atomic E-state index is 9.26. The van der Waals surface area contributed by atoms with Gasteiger partial charge in [-0.1, -0.05) is 6.07 Å². The van der Waals surface area contributed by atoms with Crippen LogP contribution < -0.4 is 5.32 Å². The molecule has 0 saturated heterocycles. The Hall–Kier alpha value is -2.12. The fourth-order valence-corrected chi connectivity index (χ4v) is 1.76. The highest BCUT2D eigenvalue weighted by Crippen LogP contribution is 2.16. The first-order valence-electron chi connectivity index (χ1n) is 6.28. The molecule has 1 heterocycles. The Labute approximate surface area is 113 Å². The summed E-state index contributed by atoms with van der Waals surface area (Å²) in [5.41, 5.74) is 2.61. The van der Waals surface area contributed by atoms with Crippen LogP contribution in [0.5, 0.6) is 0 Å². The van der Waals surface area contributed by atoms with Crippen LogP contribution in [0.15, 0.2) is 36.7 Å². The summed E-state index contributed by atoms with van der Waals surface area (Å²) in [6, 6.07) is 9.95. The van der Waals surface area contributed by atoms with Crippen molar-refractivity contribution in [3.63, 3.8) is 0 Å². The molecule has 1 aromatic heterocycles. The topological polar surface area (TPSA) is 53.6 Å². The number of rotatable bonds is 3. The lowest BCUT2D eigenvalue weighted by Crippen LogP contribution is -2.35. The Bertz CT molecular complexity index is 586. The minimum Gasteiger partial charge on any atom is -0.308 e. The summed E-state index contributed by atoms with van der Waals surface area (Å²) in [4.78, 5) is 0. The normalized spacial score (nSPS) is 11.3. The van der Waals surface area contributed by atoms with E-state index >= 15 is 0 Å². The molecule has 0 radical (unpaired) electrons. The van der Waals surface area contributed by atoms with Gasteiger partial charge in [-0.05, 0) is 44.5 Å². The molecule has 0 unspecified atom stereocenters. The Morgan fingerprint density at radius 2 is 2.16 bits per heavy atom. The van der Waals surface area contributed by atoms with Crippen molar-refractivity contribution in [2.45, 2.75) is 32.9 Å². The molecule has 1 aromatic carbocycles. The Morgan fingerprint density at radius 1 is 1.37 bits per heavy atom. The third-order valence-corrected chi connectivity index (χ3v) is 2.76. The van der Waals surface area contributed by atoms with Crippen molar-refractivity contribution in [1.29, 1.82) is 5.26 Å². The van der Waals surface area contributed by atoms with Gasteiger partial charge >= 0.3 is 0 Å². The third-order valence-electron chi connectivity index (χ3n) is 2.76. The van der Waals surface area contributed by atoms with E-state index in [1.807, 2.05) is 30.5 Å². The van der Waals surface area contributed by atoms with Gasteiger partial charge in [0.2, 0.25) is 0 Å². The third kappa shape index (κ3) is 3.43. The first kappa shape index (κ1) is 13.3. The number of hydrogen-bond acceptors (Lipinski definition) is 3. The highest BCUT2D eigenvalue weighted by Gasteiger charge is 2.10. The summed E-state index contributed by atoms with van der Waals surface area (Å²) in [7, 11) is 0. The number of aromatic nitrogens is 2. The van der Waals surface area contributed by atoms with Crippen LogP contribution in [0.2, 0.25) is 0 Å². The van der Waals surface area contributed by atoms with E-state index in [9.17, 15) is 5.26 Å². The van der Waals surface area contributed by atoms with Crippen molar-refractivity contribution in [3.8, 4) is 11.8 Å². The predicted molar refractivity (Wildman–Crippen MR) is 74.9 cm³/mol. The summed E-state index contributed by atoms with van der Waals surface area (Å²) in [5.74, 6) is 0. The van der Waals surface area contributed by atoms with Crippen LogP contribution in [0, 0.1) is 11.3 Å². The van der Waals surface area contributed by atoms with E-state index in [0.717, 1.165) is 17.8 Å². The number of nitrogens with one attached hydrogen (secondary N) is 1. The standard InChI is InChI=1S/C15H18N4/c1-15(2,3)17-11-12-5-6-14(13(9-12)10-16)19-8-4-7-18-19/h4-9,17H,11H2,1-3H3. The van der Waals surface area contributed by atoms with Gasteiger partial charge in [0.1, 0.15) is 6.07 Å². The second-order valence-electron chi connectivity index (χ2n) is 5.52. The number of nitrogens with zero attached hydrogens (tertiary/aromatic N) is 3. The minimum absolute atomic E-state index is 0.0630. The molecular formula is C15H18N4. The number of hydrogen-bond donors (Lipinski definition) is 1. The minimum atomic E-state index is 0.0630. The van der Waals surface area contributed by atoms with E-state index in [1.165, 1.54) is 0 Å². The van der Waals surface area contributed by atoms with Gasteiger partial charge in [0, 0.05) is 24.5 Å². The van der Waals surface area contributed by atoms with Gasteiger partial charge in [-0.15, -0.1) is 0 Å². The highest BCUT2D eigenvalue weighted by molar-refractivity contribution is 5.50. The lowest BCUT2D eigenvalue weighted by molar-refractivity contribution is 0.424. The van der Waals surface area contributed by atoms with Gasteiger partial charge in [0.15, 0.2) is 0 Å². The van der Waals surface area contributed by atoms with Gasteiger partial charge in [0.25, 0.3) is 0 Å². The van der Waals surface area contributed by atoms with Gasteiger partial charge in [-0.2, -0.15) is 10.4 Å². The Morgan fingerprint density at radius 3 is 2.74 bits per heavy atom. The van der Waals surface area contributed by atoms with E-state index in [2.05, 4.69) is 37.3 Å². The lowest BCUT2D eigenvalue weighted by Gasteiger charge is -2.20. The molecule has 2 aromatic rings. The number of benzene rings is 1. The van der Waals surface area contributed by atoms with E-state index < -0.39 is 0 Å². The van der Waals surface area contributed by atoms with E-state index in [0.29, 0.717) is 5.56 Å². The smallest absolute Gasteiger partial charge is 0.101 e. The fourth-order valence-electron chi connectivity index (χ4n) is 1.76. The molecule has 98 valence electrons. The van der Waals surface area contributed by atoms with Crippen LogP contribution in [0.1, 0.15) is 31.9 Å². The summed E-state index contributed by atoms with van der Waals surface area (Å²) >= 11 is 0. The van der Waals surface area contributed by atoms with E-state index in [-0.39, 0.29) is 5.54 Å². The molecule has 0 saturated carbocycles. The Balaban J connectivity index is 2.25. The molecule has 0 bridgehead atoms. The molecule has 2 rings (SSSR count). The van der Waals surface area contributed by atoms with Crippen molar-refractivity contribution in [2.24, 2.45) is 0 Å². The van der Waals surface area contributed by atoms with Crippen molar-refractivity contribution >= 4 is 0 Å². The maximum Gasteiger partial charge on any atom is 0.101 e. The summed E-state index contributed by atoms with van der Waals surface area (Å²) in [6.45, 7) is 7.11. The lowest BCUT2D eigenvalue weighted by atomic mass is 10.1. The molecule has 4 nitrogen and oxygen atoms in total. The Kier molecular flexibility index (Phi) is 3.68. The van der Waals surface area contributed by atoms with Crippen molar-refractivity contribution < 1.29 is 0 Å². The quantitative estimate of drug-likeness (QED) is 0.916. The number of nitriles is 1. The molecule has 0 amide bonds. The molecule has 0 atom stereocenters. The zero-order valence-electron chi connectivity index (χ0n) is 11.5. The first-order valence-corrected chi connectivity index (χ1v) is 6.28. The van der Waals surface area contributed by atoms with Crippen LogP contribution >= 0.6 is 0 Å². The van der Waals surface area contributed by atoms with Gasteiger partial charge in [-0.25, -0.2) is 4.68 Å². The average Bonchev–Trinajstić information content (AvgIpc) is 2.88. The predicted octanol–water partition coefficient (Wildman–Crippen LogP) is 2.63. The molecule has 0 spiro atoms. The van der Waals surface area contributed by atoms with Crippen molar-refractivity contribution in [1.82, 2.24) is 15.1 Å². The summed E-state index contributed by atoms with van der Waals surface area (Å²) in [5, 5.41) is 16.8. The zero-order chi connectivity index (χ0) is 13.9. The second kappa shape index (κ2) is 5.25. The van der Waals surface area contributed by atoms with Crippen LogP contribution in [-0.2, 0) is 6.54 Å². The second-order valence-corrected chi connectivity index (χ2v) is 5.52. The molecular weight excluding hydrogens is 236 g/mol. The molecule has 19 heavy (non-hydrogen) atoms. The average molecular weight is 254 g/mol. The van der Waals surface area contributed by atoms with Crippen molar-refractivity contribution in [3.05, 3.63) is 47.8 Å². The maximum atomic E-state index is 9.26. The SMILES string of the molecule is CC(C)(C)NCc1ccc(-n2cccn2)c(C#N)c1. The molecule has 0 aliphatic heterocycles. The van der Waals surface area contributed by atoms with Crippen molar-refractivity contribution in [2.75, 3.05) is 0 Å². The van der Waals surface area contributed by atoms with Crippen LogP contribution in [0.4, 0.5) is 0 Å². The van der Waals surface area contributed by atoms with E-state index in [1.54, 1.807) is 10.9 Å². The van der Waals surface area contributed by atoms with Gasteiger partial charge in [0.05, 0.1) is 11.3 Å². The largest absolute Gasteiger partial charge is 0.308 e. The van der Waals surface area contributed by atoms with Crippen LogP contribution in [-0.4, -0.2) is 15.3 Å². The van der Waals surface area contributed by atoms with Gasteiger partial charge in [-0.3, -0.25) is 0 Å². The molecule has 1 N–H and O–H groups in total. The molecule has 0 fully saturated rings. The van der Waals surface area contributed by atoms with E-state index in [4.69, 9.17) is 0 Å². The monoisotopic (exact) mass is 254 g/mol. The van der Waals surface area contributed by atoms with Crippen LogP contribution in [0.25, 0.3) is 5.69 Å². The summed E-state index contributed by atoms with van der Waals surface area (Å²) in [6.07, 6.45) is 3.54. The molecule has 4 heteroatoms.